The maximum atomic E-state index is 9.58. The van der Waals surface area contributed by atoms with Gasteiger partial charge in [-0.3, -0.25) is 0 Å². The molecule has 86 valence electrons. The smallest absolute Gasteiger partial charge is 0.0777 e. The Labute approximate surface area is 87.1 Å². The van der Waals surface area contributed by atoms with Gasteiger partial charge in [0.1, 0.15) is 0 Å². The summed E-state index contributed by atoms with van der Waals surface area (Å²) < 4.78 is 5.29. The molecule has 0 aromatic heterocycles. The summed E-state index contributed by atoms with van der Waals surface area (Å²) in [5.74, 6) is 0.130. The van der Waals surface area contributed by atoms with E-state index in [-0.39, 0.29) is 18.1 Å². The van der Waals surface area contributed by atoms with Crippen molar-refractivity contribution in [1.82, 2.24) is 0 Å². The fourth-order valence-corrected chi connectivity index (χ4v) is 1.36. The largest absolute Gasteiger partial charge is 0.393 e. The zero-order chi connectivity index (χ0) is 11.1. The minimum absolute atomic E-state index is 0.130. The summed E-state index contributed by atoms with van der Waals surface area (Å²) >= 11 is 0. The van der Waals surface area contributed by atoms with Gasteiger partial charge in [-0.25, -0.2) is 0 Å². The van der Waals surface area contributed by atoms with Crippen molar-refractivity contribution >= 4 is 0 Å². The van der Waals surface area contributed by atoms with E-state index in [2.05, 4.69) is 0 Å². The van der Waals surface area contributed by atoms with Crippen LogP contribution in [0.3, 0.4) is 0 Å². The van der Waals surface area contributed by atoms with E-state index in [0.717, 1.165) is 6.42 Å². The van der Waals surface area contributed by atoms with Crippen molar-refractivity contribution in [3.05, 3.63) is 0 Å². The van der Waals surface area contributed by atoms with Crippen molar-refractivity contribution in [1.29, 1.82) is 0 Å². The highest BCUT2D eigenvalue weighted by molar-refractivity contribution is 4.67. The van der Waals surface area contributed by atoms with E-state index in [1.165, 1.54) is 0 Å². The fraction of sp³-hybridized carbons (Fsp3) is 1.00. The van der Waals surface area contributed by atoms with Gasteiger partial charge in [-0.1, -0.05) is 13.8 Å². The van der Waals surface area contributed by atoms with Crippen molar-refractivity contribution in [2.45, 2.75) is 58.8 Å². The van der Waals surface area contributed by atoms with E-state index in [9.17, 15) is 10.2 Å². The molecule has 0 aliphatic carbocycles. The van der Waals surface area contributed by atoms with Gasteiger partial charge in [0.05, 0.1) is 24.9 Å². The minimum atomic E-state index is -0.464. The lowest BCUT2D eigenvalue weighted by Crippen LogP contribution is -2.26. The van der Waals surface area contributed by atoms with Crippen LogP contribution in [0.2, 0.25) is 0 Å². The Hall–Kier alpha value is -0.120. The van der Waals surface area contributed by atoms with Gasteiger partial charge in [-0.2, -0.15) is 0 Å². The molecule has 14 heavy (non-hydrogen) atoms. The second-order valence-corrected chi connectivity index (χ2v) is 4.22. The molecule has 2 N–H and O–H groups in total. The third kappa shape index (κ3) is 6.35. The number of aliphatic hydroxyl groups is 2. The van der Waals surface area contributed by atoms with Crippen LogP contribution in [-0.4, -0.2) is 35.1 Å². The van der Waals surface area contributed by atoms with Gasteiger partial charge in [-0.05, 0) is 32.6 Å². The second-order valence-electron chi connectivity index (χ2n) is 4.22. The molecule has 0 amide bonds. The third-order valence-corrected chi connectivity index (χ3v) is 2.34. The quantitative estimate of drug-likeness (QED) is 0.662. The first kappa shape index (κ1) is 13.9. The molecule has 0 aromatic rings. The van der Waals surface area contributed by atoms with Crippen LogP contribution in [0.4, 0.5) is 0 Å². The molecule has 0 bridgehead atoms. The molecule has 0 aromatic carbocycles. The second kappa shape index (κ2) is 7.21. The summed E-state index contributed by atoms with van der Waals surface area (Å²) in [6.07, 6.45) is 0.703. The number of rotatable bonds is 7. The van der Waals surface area contributed by atoms with Crippen LogP contribution in [-0.2, 0) is 4.74 Å². The highest BCUT2D eigenvalue weighted by Gasteiger charge is 2.16. The maximum absolute atomic E-state index is 9.58. The summed E-state index contributed by atoms with van der Waals surface area (Å²) in [6.45, 7) is 8.14. The van der Waals surface area contributed by atoms with E-state index in [1.54, 1.807) is 0 Å². The lowest BCUT2D eigenvalue weighted by molar-refractivity contribution is -0.0139. The standard InChI is InChI=1S/C11H24O3/c1-5-11(13)9(4)6-10(12)7-14-8(2)3/h8-13H,5-7H2,1-4H3. The fourth-order valence-electron chi connectivity index (χ4n) is 1.36. The first-order chi connectivity index (χ1) is 6.47. The van der Waals surface area contributed by atoms with Crippen LogP contribution in [0, 0.1) is 5.92 Å². The van der Waals surface area contributed by atoms with Crippen molar-refractivity contribution in [2.24, 2.45) is 5.92 Å². The van der Waals surface area contributed by atoms with Crippen LogP contribution < -0.4 is 0 Å². The molecule has 3 unspecified atom stereocenters. The van der Waals surface area contributed by atoms with Crippen LogP contribution >= 0.6 is 0 Å². The van der Waals surface area contributed by atoms with E-state index in [1.807, 2.05) is 27.7 Å². The zero-order valence-electron chi connectivity index (χ0n) is 9.73. The molecular formula is C11H24O3. The normalized spacial score (nSPS) is 18.2. The Kier molecular flexibility index (Phi) is 7.15. The number of hydrogen-bond donors (Lipinski definition) is 2. The van der Waals surface area contributed by atoms with Crippen molar-refractivity contribution in [2.75, 3.05) is 6.61 Å². The molecule has 0 radical (unpaired) electrons. The molecule has 0 spiro atoms. The van der Waals surface area contributed by atoms with Gasteiger partial charge >= 0.3 is 0 Å². The predicted molar refractivity (Wildman–Crippen MR) is 57.2 cm³/mol. The molecule has 0 rings (SSSR count). The van der Waals surface area contributed by atoms with Gasteiger partial charge < -0.3 is 14.9 Å². The van der Waals surface area contributed by atoms with Crippen LogP contribution in [0.1, 0.15) is 40.5 Å². The van der Waals surface area contributed by atoms with Gasteiger partial charge in [0.25, 0.3) is 0 Å². The predicted octanol–water partition coefficient (Wildman–Crippen LogP) is 1.57. The average molecular weight is 204 g/mol. The SMILES string of the molecule is CCC(O)C(C)CC(O)COC(C)C. The molecule has 0 saturated carbocycles. The Morgan fingerprint density at radius 3 is 2.14 bits per heavy atom. The van der Waals surface area contributed by atoms with Crippen LogP contribution in [0.5, 0.6) is 0 Å². The molecule has 3 atom stereocenters. The first-order valence-corrected chi connectivity index (χ1v) is 5.45. The van der Waals surface area contributed by atoms with Crippen molar-refractivity contribution < 1.29 is 14.9 Å². The third-order valence-electron chi connectivity index (χ3n) is 2.34. The van der Waals surface area contributed by atoms with Crippen LogP contribution in [0.25, 0.3) is 0 Å². The maximum Gasteiger partial charge on any atom is 0.0777 e. The molecule has 3 heteroatoms. The average Bonchev–Trinajstić information content (AvgIpc) is 2.13. The molecule has 0 fully saturated rings. The Bertz CT molecular complexity index is 136. The Morgan fingerprint density at radius 2 is 1.71 bits per heavy atom. The van der Waals surface area contributed by atoms with Crippen LogP contribution in [0.15, 0.2) is 0 Å². The number of aliphatic hydroxyl groups excluding tert-OH is 2. The highest BCUT2D eigenvalue weighted by Crippen LogP contribution is 2.14. The molecular weight excluding hydrogens is 180 g/mol. The van der Waals surface area contributed by atoms with Gasteiger partial charge in [0.2, 0.25) is 0 Å². The van der Waals surface area contributed by atoms with Gasteiger partial charge in [0, 0.05) is 0 Å². The topological polar surface area (TPSA) is 49.7 Å². The molecule has 3 nitrogen and oxygen atoms in total. The lowest BCUT2D eigenvalue weighted by Gasteiger charge is -2.21. The Balaban J connectivity index is 3.65. The monoisotopic (exact) mass is 204 g/mol. The summed E-state index contributed by atoms with van der Waals surface area (Å²) in [6, 6.07) is 0. The summed E-state index contributed by atoms with van der Waals surface area (Å²) in [4.78, 5) is 0. The number of hydrogen-bond acceptors (Lipinski definition) is 3. The first-order valence-electron chi connectivity index (χ1n) is 5.45. The highest BCUT2D eigenvalue weighted by atomic mass is 16.5. The van der Waals surface area contributed by atoms with E-state index >= 15 is 0 Å². The Morgan fingerprint density at radius 1 is 1.14 bits per heavy atom. The molecule has 0 saturated heterocycles. The van der Waals surface area contributed by atoms with E-state index in [4.69, 9.17) is 4.74 Å². The summed E-state index contributed by atoms with van der Waals surface area (Å²) in [5, 5.41) is 19.1. The van der Waals surface area contributed by atoms with Gasteiger partial charge in [-0.15, -0.1) is 0 Å². The molecule has 0 aliphatic rings. The van der Waals surface area contributed by atoms with Crippen molar-refractivity contribution in [3.8, 4) is 0 Å². The zero-order valence-corrected chi connectivity index (χ0v) is 9.73. The van der Waals surface area contributed by atoms with E-state index in [0.29, 0.717) is 13.0 Å². The van der Waals surface area contributed by atoms with E-state index < -0.39 is 6.10 Å². The minimum Gasteiger partial charge on any atom is -0.393 e. The van der Waals surface area contributed by atoms with Crippen molar-refractivity contribution in [3.63, 3.8) is 0 Å². The molecule has 0 heterocycles. The molecule has 0 aliphatic heterocycles. The summed E-state index contributed by atoms with van der Waals surface area (Å²) in [7, 11) is 0. The number of ether oxygens (including phenoxy) is 1. The summed E-state index contributed by atoms with van der Waals surface area (Å²) in [5.41, 5.74) is 0. The van der Waals surface area contributed by atoms with Gasteiger partial charge in [0.15, 0.2) is 0 Å². The lowest BCUT2D eigenvalue weighted by atomic mass is 9.96.